The molecule has 66 heavy (non-hydrogen) atoms. The summed E-state index contributed by atoms with van der Waals surface area (Å²) in [5, 5.41) is 1.02. The maximum Gasteiger partial charge on any atom is 0.228 e. The molecule has 0 unspecified atom stereocenters. The van der Waals surface area contributed by atoms with E-state index in [9.17, 15) is 19.2 Å². The summed E-state index contributed by atoms with van der Waals surface area (Å²) in [6, 6.07) is 28.5. The van der Waals surface area contributed by atoms with Crippen molar-refractivity contribution < 1.29 is 28.7 Å². The number of amides is 3. The Morgan fingerprint density at radius 1 is 0.742 bits per heavy atom. The van der Waals surface area contributed by atoms with E-state index in [0.29, 0.717) is 39.9 Å². The summed E-state index contributed by atoms with van der Waals surface area (Å²) in [5.41, 5.74) is 4.41. The van der Waals surface area contributed by atoms with Crippen molar-refractivity contribution in [3.05, 3.63) is 136 Å². The molecule has 7 rings (SSSR count). The summed E-state index contributed by atoms with van der Waals surface area (Å²) in [7, 11) is 6.96. The maximum absolute atomic E-state index is 14.9. The van der Waals surface area contributed by atoms with Crippen LogP contribution in [-0.2, 0) is 56.9 Å². The van der Waals surface area contributed by atoms with Crippen LogP contribution in [0.25, 0.3) is 11.3 Å². The zero-order chi connectivity index (χ0) is 46.9. The first kappa shape index (κ1) is 48.4. The van der Waals surface area contributed by atoms with E-state index in [1.807, 2.05) is 80.0 Å². The molecule has 2 aliphatic rings. The summed E-state index contributed by atoms with van der Waals surface area (Å²) in [4.78, 5) is 70.4. The van der Waals surface area contributed by atoms with Crippen molar-refractivity contribution in [2.45, 2.75) is 70.6 Å². The highest BCUT2D eigenvalue weighted by Crippen LogP contribution is 2.33. The third kappa shape index (κ3) is 12.1. The zero-order valence-corrected chi connectivity index (χ0v) is 40.0. The maximum atomic E-state index is 14.9. The normalized spacial score (nSPS) is 20.6. The number of methoxy groups -OCH3 is 1. The molecule has 4 atom stereocenters. The molecule has 0 bridgehead atoms. The molecule has 0 radical (unpaired) electrons. The Kier molecular flexibility index (Phi) is 16.4. The molecule has 0 aliphatic carbocycles. The van der Waals surface area contributed by atoms with E-state index < -0.39 is 23.9 Å². The van der Waals surface area contributed by atoms with Gasteiger partial charge in [-0.05, 0) is 105 Å². The third-order valence-corrected chi connectivity index (χ3v) is 13.5. The van der Waals surface area contributed by atoms with Gasteiger partial charge in [-0.2, -0.15) is 0 Å². The van der Waals surface area contributed by atoms with Crippen LogP contribution in [0.5, 0.6) is 11.5 Å². The van der Waals surface area contributed by atoms with Crippen LogP contribution in [0.4, 0.5) is 0 Å². The molecule has 0 saturated carbocycles. The van der Waals surface area contributed by atoms with Gasteiger partial charge in [-0.3, -0.25) is 24.1 Å². The van der Waals surface area contributed by atoms with Crippen molar-refractivity contribution in [2.75, 3.05) is 47.4 Å². The fraction of sp³-hybridized carbons (Fsp3) is 0.404. The molecule has 12 nitrogen and oxygen atoms in total. The predicted octanol–water partition coefficient (Wildman–Crippen LogP) is 8.51. The Morgan fingerprint density at radius 3 is 2.12 bits per heavy atom. The number of likely N-dealkylation sites (N-methyl/N-ethyl adjacent to an activating group) is 2. The second kappa shape index (κ2) is 22.3. The minimum Gasteiger partial charge on any atom is -0.457 e. The minimum absolute atomic E-state index is 0.00844. The lowest BCUT2D eigenvalue weighted by Gasteiger charge is -2.37. The lowest BCUT2D eigenvalue weighted by atomic mass is 9.91. The van der Waals surface area contributed by atoms with Crippen LogP contribution in [-0.4, -0.2) is 112 Å². The number of Topliss-reactive ketones (excluding diaryl/α,β-unsaturated/α-hetero) is 1. The van der Waals surface area contributed by atoms with E-state index in [-0.39, 0.29) is 56.0 Å². The average molecular weight is 936 g/mol. The summed E-state index contributed by atoms with van der Waals surface area (Å²) in [5.74, 6) is -0.869. The molecule has 1 aromatic heterocycles. The van der Waals surface area contributed by atoms with Crippen LogP contribution in [0, 0.1) is 11.8 Å². The van der Waals surface area contributed by atoms with E-state index >= 15 is 0 Å². The summed E-state index contributed by atoms with van der Waals surface area (Å²) < 4.78 is 14.2. The number of aromatic nitrogens is 2. The highest BCUT2D eigenvalue weighted by atomic mass is 35.5. The second-order valence-corrected chi connectivity index (χ2v) is 18.6. The van der Waals surface area contributed by atoms with Crippen LogP contribution >= 0.6 is 23.2 Å². The van der Waals surface area contributed by atoms with Crippen molar-refractivity contribution >= 4 is 46.7 Å². The van der Waals surface area contributed by atoms with E-state index in [4.69, 9.17) is 37.7 Å². The fourth-order valence-electron chi connectivity index (χ4n) is 9.08. The Labute approximate surface area is 398 Å². The first-order valence-corrected chi connectivity index (χ1v) is 23.4. The number of hydrogen-bond acceptors (Lipinski definition) is 8. The Balaban J connectivity index is 1.18. The summed E-state index contributed by atoms with van der Waals surface area (Å²) in [6.07, 6.45) is 4.74. The van der Waals surface area contributed by atoms with Gasteiger partial charge in [0.25, 0.3) is 0 Å². The van der Waals surface area contributed by atoms with Crippen LogP contribution in [0.2, 0.25) is 10.0 Å². The van der Waals surface area contributed by atoms with E-state index in [0.717, 1.165) is 47.8 Å². The van der Waals surface area contributed by atoms with Gasteiger partial charge in [0.2, 0.25) is 17.7 Å². The number of rotatable bonds is 13. The van der Waals surface area contributed by atoms with Gasteiger partial charge >= 0.3 is 0 Å². The average Bonchev–Trinajstić information content (AvgIpc) is 3.97. The topological polar surface area (TPSA) is 118 Å². The minimum atomic E-state index is -0.981. The smallest absolute Gasteiger partial charge is 0.228 e. The van der Waals surface area contributed by atoms with Crippen molar-refractivity contribution in [1.82, 2.24) is 29.2 Å². The third-order valence-electron chi connectivity index (χ3n) is 13.1. The molecule has 0 N–H and O–H groups in total. The molecule has 0 spiro atoms. The highest BCUT2D eigenvalue weighted by molar-refractivity contribution is 6.31. The first-order chi connectivity index (χ1) is 31.8. The number of nitrogens with zero attached hydrogens (tertiary/aromatic N) is 6. The van der Waals surface area contributed by atoms with Gasteiger partial charge in [0.1, 0.15) is 17.3 Å². The molecule has 348 valence electrons. The number of hydrogen-bond donors (Lipinski definition) is 0. The van der Waals surface area contributed by atoms with Gasteiger partial charge in [0.15, 0.2) is 5.78 Å². The molecule has 2 saturated heterocycles. The number of imidazole rings is 1. The monoisotopic (exact) mass is 934 g/mol. The second-order valence-electron chi connectivity index (χ2n) is 17.7. The molecule has 2 fully saturated rings. The van der Waals surface area contributed by atoms with E-state index in [1.165, 1.54) is 24.9 Å². The number of carbonyl (C=O) groups excluding carboxylic acids is 4. The number of likely N-dealkylation sites (tertiary alicyclic amines) is 1. The van der Waals surface area contributed by atoms with Gasteiger partial charge < -0.3 is 28.7 Å². The van der Waals surface area contributed by atoms with E-state index in [2.05, 4.69) is 9.47 Å². The first-order valence-electron chi connectivity index (χ1n) is 22.7. The number of ether oxygens (including phenoxy) is 2. The highest BCUT2D eigenvalue weighted by Gasteiger charge is 2.37. The number of halogens is 2. The van der Waals surface area contributed by atoms with Gasteiger partial charge in [0.05, 0.1) is 55.5 Å². The molecular weight excluding hydrogens is 876 g/mol. The van der Waals surface area contributed by atoms with Crippen LogP contribution in [0.3, 0.4) is 0 Å². The van der Waals surface area contributed by atoms with Crippen molar-refractivity contribution in [3.8, 4) is 22.8 Å². The predicted molar refractivity (Wildman–Crippen MR) is 257 cm³/mol. The molecule has 3 heterocycles. The Morgan fingerprint density at radius 2 is 1.42 bits per heavy atom. The van der Waals surface area contributed by atoms with Crippen LogP contribution < -0.4 is 4.74 Å². The SMILES string of the molecule is COC[C@@H]1CC(=O)[C@H](C)N(Cc2ccc(Cl)cc2Oc2ccc(-c3cnc(CN4CCCC4)n3C)cc2)C(=O)C[C@@H](Cc2ccccc2)C(=O)N(C)C[C@@H](Cc2ccc(Cl)cc2)N(C)C1=O. The number of ketones is 1. The number of benzene rings is 4. The lowest BCUT2D eigenvalue weighted by molar-refractivity contribution is -0.148. The van der Waals surface area contributed by atoms with Crippen LogP contribution in [0.1, 0.15) is 55.1 Å². The van der Waals surface area contributed by atoms with Crippen molar-refractivity contribution in [3.63, 3.8) is 0 Å². The molecule has 4 aromatic carbocycles. The Hall–Kier alpha value is -5.53. The van der Waals surface area contributed by atoms with Gasteiger partial charge in [-0.15, -0.1) is 0 Å². The largest absolute Gasteiger partial charge is 0.457 e. The summed E-state index contributed by atoms with van der Waals surface area (Å²) >= 11 is 12.8. The van der Waals surface area contributed by atoms with Crippen molar-refractivity contribution in [1.29, 1.82) is 0 Å². The fourth-order valence-corrected chi connectivity index (χ4v) is 9.37. The number of carbonyl (C=O) groups is 4. The van der Waals surface area contributed by atoms with Crippen LogP contribution in [0.15, 0.2) is 103 Å². The molecule has 2 aliphatic heterocycles. The summed E-state index contributed by atoms with van der Waals surface area (Å²) in [6.45, 7) is 4.82. The lowest BCUT2D eigenvalue weighted by Crippen LogP contribution is -2.52. The zero-order valence-electron chi connectivity index (χ0n) is 38.5. The quantitative estimate of drug-likeness (QED) is 0.115. The van der Waals surface area contributed by atoms with Gasteiger partial charge in [-0.25, -0.2) is 4.98 Å². The van der Waals surface area contributed by atoms with Gasteiger partial charge in [-0.1, -0.05) is 71.7 Å². The van der Waals surface area contributed by atoms with E-state index in [1.54, 1.807) is 61.2 Å². The van der Waals surface area contributed by atoms with Gasteiger partial charge in [0, 0.05) is 68.8 Å². The molecule has 3 amide bonds. The molecule has 14 heteroatoms. The van der Waals surface area contributed by atoms with Crippen molar-refractivity contribution in [2.24, 2.45) is 18.9 Å². The standard InChI is InChI=1S/C52H60Cl2N6O6/c1-35-47(61)27-41(34-65-5)52(64)57(3)44(26-37-13-18-42(53)19-14-37)32-56(2)51(63)40(25-36-11-7-6-8-12-36)28-50(62)60(35)31-39-15-20-43(54)29-48(39)66-45-21-16-38(17-22-45)46-30-55-49(58(46)4)33-59-23-9-10-24-59/h6-8,11-22,29-30,35,40-41,44H,9-10,23-28,31-34H2,1-5H3/t35-,40+,41-,44+/m0/s1. The molecule has 5 aromatic rings. The Bertz CT molecular complexity index is 2460. The molecular formula is C52H60Cl2N6O6.